The quantitative estimate of drug-likeness (QED) is 0.557. The van der Waals surface area contributed by atoms with Crippen LogP contribution in [0.25, 0.3) is 0 Å². The molecule has 1 aromatic heterocycles. The summed E-state index contributed by atoms with van der Waals surface area (Å²) in [6.07, 6.45) is 0.802. The molecule has 8 nitrogen and oxygen atoms in total. The molecule has 32 heavy (non-hydrogen) atoms. The maximum absolute atomic E-state index is 14.8. The summed E-state index contributed by atoms with van der Waals surface area (Å²) in [6.45, 7) is 2.09. The number of benzene rings is 1. The second kappa shape index (κ2) is 8.89. The normalized spacial score (nSPS) is 19.0. The number of amides is 2. The number of pyridine rings is 1. The summed E-state index contributed by atoms with van der Waals surface area (Å²) in [6, 6.07) is 5.84. The number of nitrogens with one attached hydrogen (secondary N) is 1. The first kappa shape index (κ1) is 21.7. The predicted molar refractivity (Wildman–Crippen MR) is 112 cm³/mol. The molecule has 2 aromatic rings. The van der Waals surface area contributed by atoms with Gasteiger partial charge in [-0.15, -0.1) is 0 Å². The van der Waals surface area contributed by atoms with E-state index in [1.165, 1.54) is 19.2 Å². The van der Waals surface area contributed by atoms with E-state index in [9.17, 15) is 23.2 Å². The van der Waals surface area contributed by atoms with Crippen LogP contribution < -0.4 is 19.9 Å². The van der Waals surface area contributed by atoms with Gasteiger partial charge in [0.1, 0.15) is 17.5 Å². The van der Waals surface area contributed by atoms with Crippen molar-refractivity contribution in [3.05, 3.63) is 47.0 Å². The number of carbonyl (C=O) groups excluding carboxylic acids is 3. The molecular formula is C22H22F2N4O4. The summed E-state index contributed by atoms with van der Waals surface area (Å²) in [5.41, 5.74) is 0.443. The standard InChI is InChI=1S/C22H22F2N4O4/c1-32-22-13(12-29)2-4-18(25-22)28-8-6-27(7-9-28)14-10-16(23)20(17(24)11-14)15-3-5-19(30)26-21(15)31/h2,4,10-12,15H,3,5-9H2,1H3,(H,26,30,31). The number of nitrogens with zero attached hydrogens (tertiary/aromatic N) is 3. The zero-order chi connectivity index (χ0) is 22.8. The second-order valence-electron chi connectivity index (χ2n) is 7.69. The zero-order valence-electron chi connectivity index (χ0n) is 17.4. The van der Waals surface area contributed by atoms with Gasteiger partial charge in [0.2, 0.25) is 17.7 Å². The minimum absolute atomic E-state index is 0.0473. The van der Waals surface area contributed by atoms with Crippen molar-refractivity contribution in [3.8, 4) is 5.88 Å². The van der Waals surface area contributed by atoms with Crippen LogP contribution in [0.4, 0.5) is 20.3 Å². The van der Waals surface area contributed by atoms with Crippen LogP contribution in [0.3, 0.4) is 0 Å². The van der Waals surface area contributed by atoms with Crippen LogP contribution in [0.1, 0.15) is 34.7 Å². The number of methoxy groups -OCH3 is 1. The van der Waals surface area contributed by atoms with Crippen molar-refractivity contribution in [1.29, 1.82) is 0 Å². The molecule has 2 aliphatic rings. The van der Waals surface area contributed by atoms with Crippen molar-refractivity contribution >= 4 is 29.6 Å². The van der Waals surface area contributed by atoms with E-state index < -0.39 is 29.4 Å². The van der Waals surface area contributed by atoms with Gasteiger partial charge in [-0.1, -0.05) is 0 Å². The highest BCUT2D eigenvalue weighted by atomic mass is 19.1. The first-order valence-corrected chi connectivity index (χ1v) is 10.2. The summed E-state index contributed by atoms with van der Waals surface area (Å²) >= 11 is 0. The predicted octanol–water partition coefficient (Wildman–Crippen LogP) is 2.03. The van der Waals surface area contributed by atoms with Crippen LogP contribution in [-0.4, -0.2) is 56.4 Å². The van der Waals surface area contributed by atoms with E-state index in [4.69, 9.17) is 4.74 Å². The van der Waals surface area contributed by atoms with E-state index in [-0.39, 0.29) is 24.3 Å². The van der Waals surface area contributed by atoms with Crippen LogP contribution in [0.2, 0.25) is 0 Å². The lowest BCUT2D eigenvalue weighted by Gasteiger charge is -2.37. The molecule has 0 radical (unpaired) electrons. The molecule has 168 valence electrons. The molecular weight excluding hydrogens is 422 g/mol. The van der Waals surface area contributed by atoms with Gasteiger partial charge in [-0.25, -0.2) is 8.78 Å². The Balaban J connectivity index is 1.48. The molecule has 10 heteroatoms. The Morgan fingerprint density at radius 1 is 1.09 bits per heavy atom. The molecule has 1 aromatic carbocycles. The van der Waals surface area contributed by atoms with Gasteiger partial charge in [0.05, 0.1) is 18.6 Å². The third-order valence-corrected chi connectivity index (χ3v) is 5.82. The number of aromatic nitrogens is 1. The molecule has 1 atom stereocenters. The summed E-state index contributed by atoms with van der Waals surface area (Å²) in [7, 11) is 1.44. The molecule has 2 fully saturated rings. The fourth-order valence-corrected chi connectivity index (χ4v) is 4.12. The van der Waals surface area contributed by atoms with Crippen molar-refractivity contribution in [2.24, 2.45) is 0 Å². The average Bonchev–Trinajstić information content (AvgIpc) is 2.79. The second-order valence-corrected chi connectivity index (χ2v) is 7.69. The van der Waals surface area contributed by atoms with Gasteiger partial charge in [-0.2, -0.15) is 4.98 Å². The van der Waals surface area contributed by atoms with E-state index >= 15 is 0 Å². The summed E-state index contributed by atoms with van der Waals surface area (Å²) in [4.78, 5) is 42.6. The molecule has 2 amide bonds. The molecule has 0 bridgehead atoms. The molecule has 0 spiro atoms. The molecule has 4 rings (SSSR count). The third-order valence-electron chi connectivity index (χ3n) is 5.82. The Hall–Kier alpha value is -3.56. The molecule has 1 N–H and O–H groups in total. The van der Waals surface area contributed by atoms with Crippen molar-refractivity contribution in [2.75, 3.05) is 43.1 Å². The summed E-state index contributed by atoms with van der Waals surface area (Å²) < 4.78 is 34.8. The molecule has 2 saturated heterocycles. The number of ether oxygens (including phenoxy) is 1. The molecule has 3 heterocycles. The Morgan fingerprint density at radius 3 is 2.34 bits per heavy atom. The molecule has 1 unspecified atom stereocenters. The average molecular weight is 444 g/mol. The van der Waals surface area contributed by atoms with Gasteiger partial charge in [-0.05, 0) is 30.7 Å². The molecule has 0 aliphatic carbocycles. The first-order valence-electron chi connectivity index (χ1n) is 10.2. The number of carbonyl (C=O) groups is 3. The third kappa shape index (κ3) is 4.12. The van der Waals surface area contributed by atoms with E-state index in [1.807, 2.05) is 9.80 Å². The van der Waals surface area contributed by atoms with Crippen molar-refractivity contribution in [3.63, 3.8) is 0 Å². The maximum atomic E-state index is 14.8. The molecule has 2 aliphatic heterocycles. The van der Waals surface area contributed by atoms with Gasteiger partial charge in [0.25, 0.3) is 0 Å². The van der Waals surface area contributed by atoms with Crippen molar-refractivity contribution in [1.82, 2.24) is 10.3 Å². The number of rotatable bonds is 5. The fourth-order valence-electron chi connectivity index (χ4n) is 4.12. The van der Waals surface area contributed by atoms with Crippen LogP contribution in [-0.2, 0) is 9.59 Å². The van der Waals surface area contributed by atoms with Crippen LogP contribution in [0, 0.1) is 11.6 Å². The first-order chi connectivity index (χ1) is 15.4. The Kier molecular flexibility index (Phi) is 6.02. The number of halogens is 2. The van der Waals surface area contributed by atoms with Gasteiger partial charge in [0, 0.05) is 43.9 Å². The summed E-state index contributed by atoms with van der Waals surface area (Å²) in [5, 5.41) is 2.13. The molecule has 0 saturated carbocycles. The monoisotopic (exact) mass is 444 g/mol. The lowest BCUT2D eigenvalue weighted by atomic mass is 9.89. The summed E-state index contributed by atoms with van der Waals surface area (Å²) in [5.74, 6) is -2.83. The van der Waals surface area contributed by atoms with Gasteiger partial charge in [-0.3, -0.25) is 19.7 Å². The Labute approximate surface area is 183 Å². The van der Waals surface area contributed by atoms with Gasteiger partial charge in [0.15, 0.2) is 6.29 Å². The van der Waals surface area contributed by atoms with E-state index in [1.54, 1.807) is 12.1 Å². The maximum Gasteiger partial charge on any atom is 0.234 e. The number of piperazine rings is 1. The van der Waals surface area contributed by atoms with Crippen molar-refractivity contribution < 1.29 is 27.9 Å². The highest BCUT2D eigenvalue weighted by Gasteiger charge is 2.33. The number of aldehydes is 1. The SMILES string of the molecule is COc1nc(N2CCN(c3cc(F)c(C4CCC(=O)NC4=O)c(F)c3)CC2)ccc1C=O. The topological polar surface area (TPSA) is 91.8 Å². The van der Waals surface area contributed by atoms with Gasteiger partial charge >= 0.3 is 0 Å². The highest BCUT2D eigenvalue weighted by molar-refractivity contribution is 6.01. The number of hydrogen-bond donors (Lipinski definition) is 1. The largest absolute Gasteiger partial charge is 0.480 e. The smallest absolute Gasteiger partial charge is 0.234 e. The van der Waals surface area contributed by atoms with Crippen LogP contribution in [0.5, 0.6) is 5.88 Å². The highest BCUT2D eigenvalue weighted by Crippen LogP contribution is 2.32. The zero-order valence-corrected chi connectivity index (χ0v) is 17.4. The van der Waals surface area contributed by atoms with E-state index in [0.29, 0.717) is 49.5 Å². The Bertz CT molecular complexity index is 1050. The van der Waals surface area contributed by atoms with Crippen LogP contribution >= 0.6 is 0 Å². The number of imide groups is 1. The number of piperidine rings is 1. The fraction of sp³-hybridized carbons (Fsp3) is 0.364. The van der Waals surface area contributed by atoms with E-state index in [2.05, 4.69) is 10.3 Å². The Morgan fingerprint density at radius 2 is 1.75 bits per heavy atom. The minimum atomic E-state index is -1.02. The number of anilines is 2. The van der Waals surface area contributed by atoms with Crippen LogP contribution in [0.15, 0.2) is 24.3 Å². The van der Waals surface area contributed by atoms with E-state index in [0.717, 1.165) is 0 Å². The lowest BCUT2D eigenvalue weighted by Crippen LogP contribution is -2.47. The van der Waals surface area contributed by atoms with Crippen molar-refractivity contribution in [2.45, 2.75) is 18.8 Å². The van der Waals surface area contributed by atoms with Gasteiger partial charge < -0.3 is 14.5 Å². The minimum Gasteiger partial charge on any atom is -0.480 e. The lowest BCUT2D eigenvalue weighted by molar-refractivity contribution is -0.134. The number of hydrogen-bond acceptors (Lipinski definition) is 7.